The molecular formula is C15H23FN4O. The Hall–Kier alpha value is -1.82. The summed E-state index contributed by atoms with van der Waals surface area (Å²) in [5.41, 5.74) is 6.48. The van der Waals surface area contributed by atoms with Crippen LogP contribution in [0.15, 0.2) is 23.4 Å². The Morgan fingerprint density at radius 2 is 2.24 bits per heavy atom. The van der Waals surface area contributed by atoms with Gasteiger partial charge in [-0.2, -0.15) is 0 Å². The molecule has 1 atom stereocenters. The van der Waals surface area contributed by atoms with Gasteiger partial charge in [0.15, 0.2) is 5.84 Å². The third-order valence-corrected chi connectivity index (χ3v) is 4.03. The average Bonchev–Trinajstić information content (AvgIpc) is 2.67. The molecule has 0 radical (unpaired) electrons. The van der Waals surface area contributed by atoms with E-state index in [1.165, 1.54) is 6.07 Å². The summed E-state index contributed by atoms with van der Waals surface area (Å²) < 4.78 is 14.4. The highest BCUT2D eigenvalue weighted by molar-refractivity contribution is 5.97. The van der Waals surface area contributed by atoms with Crippen molar-refractivity contribution in [3.05, 3.63) is 29.6 Å². The first-order valence-electron chi connectivity index (χ1n) is 7.29. The molecule has 0 bridgehead atoms. The van der Waals surface area contributed by atoms with E-state index in [9.17, 15) is 4.39 Å². The molecule has 1 aliphatic heterocycles. The van der Waals surface area contributed by atoms with Crippen molar-refractivity contribution in [1.29, 1.82) is 0 Å². The molecular weight excluding hydrogens is 271 g/mol. The first-order chi connectivity index (χ1) is 10.1. The smallest absolute Gasteiger partial charge is 0.170 e. The zero-order valence-corrected chi connectivity index (χ0v) is 12.6. The van der Waals surface area contributed by atoms with Crippen molar-refractivity contribution in [3.63, 3.8) is 0 Å². The van der Waals surface area contributed by atoms with Crippen LogP contribution in [0.5, 0.6) is 0 Å². The van der Waals surface area contributed by atoms with Crippen LogP contribution in [0.4, 0.5) is 10.1 Å². The van der Waals surface area contributed by atoms with Gasteiger partial charge in [-0.3, -0.25) is 0 Å². The van der Waals surface area contributed by atoms with Crippen molar-refractivity contribution < 1.29 is 9.60 Å². The third kappa shape index (κ3) is 3.44. The lowest BCUT2D eigenvalue weighted by atomic mass is 10.1. The Bertz CT molecular complexity index is 520. The normalized spacial score (nSPS) is 21.4. The van der Waals surface area contributed by atoms with E-state index >= 15 is 0 Å². The van der Waals surface area contributed by atoms with Gasteiger partial charge in [0.25, 0.3) is 0 Å². The van der Waals surface area contributed by atoms with Crippen LogP contribution in [0, 0.1) is 5.82 Å². The van der Waals surface area contributed by atoms with Gasteiger partial charge in [-0.1, -0.05) is 12.1 Å². The second-order valence-electron chi connectivity index (χ2n) is 5.52. The molecule has 0 saturated carbocycles. The number of halogens is 1. The Labute approximate surface area is 124 Å². The van der Waals surface area contributed by atoms with Crippen molar-refractivity contribution in [1.82, 2.24) is 4.90 Å². The van der Waals surface area contributed by atoms with Gasteiger partial charge in [0.1, 0.15) is 5.82 Å². The van der Waals surface area contributed by atoms with Gasteiger partial charge >= 0.3 is 0 Å². The first-order valence-corrected chi connectivity index (χ1v) is 7.29. The molecule has 6 heteroatoms. The topological polar surface area (TPSA) is 65.1 Å². The first kappa shape index (κ1) is 15.6. The summed E-state index contributed by atoms with van der Waals surface area (Å²) in [4.78, 5) is 4.42. The summed E-state index contributed by atoms with van der Waals surface area (Å²) in [7, 11) is 2.10. The van der Waals surface area contributed by atoms with Gasteiger partial charge in [0.05, 0.1) is 5.69 Å². The highest BCUT2D eigenvalue weighted by Crippen LogP contribution is 2.25. The highest BCUT2D eigenvalue weighted by Gasteiger charge is 2.24. The molecule has 1 heterocycles. The predicted octanol–water partition coefficient (Wildman–Crippen LogP) is 1.84. The third-order valence-electron chi connectivity index (χ3n) is 4.03. The van der Waals surface area contributed by atoms with Gasteiger partial charge in [-0.15, -0.1) is 0 Å². The molecule has 3 N–H and O–H groups in total. The second kappa shape index (κ2) is 6.76. The summed E-state index contributed by atoms with van der Waals surface area (Å²) in [6, 6.07) is 5.03. The van der Waals surface area contributed by atoms with Gasteiger partial charge < -0.3 is 20.7 Å². The van der Waals surface area contributed by atoms with Gasteiger partial charge in [0.2, 0.25) is 0 Å². The Kier molecular flexibility index (Phi) is 5.01. The van der Waals surface area contributed by atoms with Crippen molar-refractivity contribution in [2.75, 3.05) is 31.6 Å². The maximum absolute atomic E-state index is 14.4. The highest BCUT2D eigenvalue weighted by atomic mass is 19.1. The number of nitrogens with two attached hydrogens (primary N) is 1. The summed E-state index contributed by atoms with van der Waals surface area (Å²) >= 11 is 0. The van der Waals surface area contributed by atoms with Crippen molar-refractivity contribution in [2.24, 2.45) is 10.9 Å². The summed E-state index contributed by atoms with van der Waals surface area (Å²) in [6.45, 7) is 4.91. The molecule has 0 spiro atoms. The molecule has 1 aromatic rings. The molecule has 116 valence electrons. The molecule has 1 unspecified atom stereocenters. The Balaban J connectivity index is 2.31. The number of rotatable bonds is 3. The zero-order chi connectivity index (χ0) is 15.4. The van der Waals surface area contributed by atoms with Gasteiger partial charge in [-0.05, 0) is 44.6 Å². The van der Waals surface area contributed by atoms with Crippen molar-refractivity contribution >= 4 is 11.5 Å². The molecule has 0 amide bonds. The van der Waals surface area contributed by atoms with Crippen LogP contribution >= 0.6 is 0 Å². The number of hydrogen-bond acceptors (Lipinski definition) is 4. The number of amidine groups is 1. The molecule has 0 aromatic heterocycles. The number of likely N-dealkylation sites (N-methyl/N-ethyl adjacent to an activating group) is 1. The van der Waals surface area contributed by atoms with E-state index in [1.807, 2.05) is 0 Å². The lowest BCUT2D eigenvalue weighted by Gasteiger charge is -2.32. The van der Waals surface area contributed by atoms with E-state index in [-0.39, 0.29) is 11.7 Å². The van der Waals surface area contributed by atoms with E-state index < -0.39 is 0 Å². The van der Waals surface area contributed by atoms with E-state index in [0.29, 0.717) is 17.3 Å². The maximum Gasteiger partial charge on any atom is 0.170 e. The van der Waals surface area contributed by atoms with Crippen molar-refractivity contribution in [3.8, 4) is 0 Å². The minimum absolute atomic E-state index is 0.0805. The number of anilines is 1. The largest absolute Gasteiger partial charge is 0.409 e. The van der Waals surface area contributed by atoms with Crippen LogP contribution in [-0.4, -0.2) is 48.7 Å². The van der Waals surface area contributed by atoms with Crippen LogP contribution in [0.1, 0.15) is 25.3 Å². The van der Waals surface area contributed by atoms with Gasteiger partial charge in [0, 0.05) is 24.7 Å². The minimum Gasteiger partial charge on any atom is -0.409 e. The van der Waals surface area contributed by atoms with Crippen LogP contribution in [0.25, 0.3) is 0 Å². The standard InChI is InChI=1S/C15H23FN4O/c1-3-12-10-19(2)7-4-8-20(12)14-6-5-11(9-13(14)16)15(17)18-21/h5-6,9,12,21H,3-4,7-8,10H2,1-2H3,(H2,17,18). The number of nitrogens with zero attached hydrogens (tertiary/aromatic N) is 3. The fraction of sp³-hybridized carbons (Fsp3) is 0.533. The molecule has 1 aliphatic rings. The van der Waals surface area contributed by atoms with Crippen LogP contribution in [0.3, 0.4) is 0 Å². The van der Waals surface area contributed by atoms with Crippen LogP contribution in [0.2, 0.25) is 0 Å². The predicted molar refractivity (Wildman–Crippen MR) is 82.4 cm³/mol. The lowest BCUT2D eigenvalue weighted by molar-refractivity contribution is 0.318. The fourth-order valence-electron chi connectivity index (χ4n) is 2.87. The molecule has 1 saturated heterocycles. The summed E-state index contributed by atoms with van der Waals surface area (Å²) in [5, 5.41) is 11.6. The molecule has 2 rings (SSSR count). The zero-order valence-electron chi connectivity index (χ0n) is 12.6. The summed E-state index contributed by atoms with van der Waals surface area (Å²) in [5.74, 6) is -0.412. The van der Waals surface area contributed by atoms with Crippen LogP contribution in [-0.2, 0) is 0 Å². The molecule has 1 aromatic carbocycles. The minimum atomic E-state index is -0.331. The maximum atomic E-state index is 14.4. The van der Waals surface area contributed by atoms with E-state index in [2.05, 4.69) is 28.9 Å². The monoisotopic (exact) mass is 294 g/mol. The number of benzene rings is 1. The van der Waals surface area contributed by atoms with Crippen LogP contribution < -0.4 is 10.6 Å². The number of oxime groups is 1. The van der Waals surface area contributed by atoms with Gasteiger partial charge in [-0.25, -0.2) is 4.39 Å². The quantitative estimate of drug-likeness (QED) is 0.386. The number of hydrogen-bond donors (Lipinski definition) is 2. The van der Waals surface area contributed by atoms with E-state index in [0.717, 1.165) is 32.5 Å². The summed E-state index contributed by atoms with van der Waals surface area (Å²) in [6.07, 6.45) is 1.97. The van der Waals surface area contributed by atoms with Crippen molar-refractivity contribution in [2.45, 2.75) is 25.8 Å². The van der Waals surface area contributed by atoms with E-state index in [4.69, 9.17) is 10.9 Å². The Morgan fingerprint density at radius 1 is 1.48 bits per heavy atom. The molecule has 0 aliphatic carbocycles. The fourth-order valence-corrected chi connectivity index (χ4v) is 2.87. The molecule has 21 heavy (non-hydrogen) atoms. The van der Waals surface area contributed by atoms with E-state index in [1.54, 1.807) is 12.1 Å². The lowest BCUT2D eigenvalue weighted by Crippen LogP contribution is -2.40. The SMILES string of the molecule is CCC1CN(C)CCCN1c1ccc(/C(N)=N/O)cc1F. The second-order valence-corrected chi connectivity index (χ2v) is 5.52. The molecule has 5 nitrogen and oxygen atoms in total. The average molecular weight is 294 g/mol. The Morgan fingerprint density at radius 3 is 2.86 bits per heavy atom. The molecule has 1 fully saturated rings.